The lowest BCUT2D eigenvalue weighted by Gasteiger charge is -2.41. The summed E-state index contributed by atoms with van der Waals surface area (Å²) >= 11 is 0. The Bertz CT molecular complexity index is 294. The van der Waals surface area contributed by atoms with Crippen LogP contribution >= 0.6 is 0 Å². The van der Waals surface area contributed by atoms with Gasteiger partial charge in [0.2, 0.25) is 0 Å². The number of piperidine rings is 1. The third-order valence-corrected chi connectivity index (χ3v) is 4.15. The highest BCUT2D eigenvalue weighted by Crippen LogP contribution is 2.29. The molecular weight excluding hydrogens is 242 g/mol. The number of hydrogen-bond acceptors (Lipinski definition) is 3. The van der Waals surface area contributed by atoms with Crippen LogP contribution in [0, 0.1) is 5.92 Å². The Hall–Kier alpha value is -0.810. The van der Waals surface area contributed by atoms with Crippen LogP contribution in [0.1, 0.15) is 39.5 Å². The fourth-order valence-electron chi connectivity index (χ4n) is 3.04. The van der Waals surface area contributed by atoms with Crippen molar-refractivity contribution in [2.45, 2.75) is 51.2 Å². The molecule has 1 aliphatic heterocycles. The third kappa shape index (κ3) is 4.66. The average molecular weight is 271 g/mol. The van der Waals surface area contributed by atoms with Crippen molar-refractivity contribution >= 4 is 6.03 Å². The lowest BCUT2D eigenvalue weighted by atomic mass is 9.83. The minimum absolute atomic E-state index is 0.178. The van der Waals surface area contributed by atoms with E-state index in [2.05, 4.69) is 19.2 Å². The minimum atomic E-state index is -0.291. The number of ether oxygens (including phenoxy) is 1. The van der Waals surface area contributed by atoms with Crippen LogP contribution in [0.25, 0.3) is 0 Å². The number of hydrogen-bond donors (Lipinski definition) is 2. The van der Waals surface area contributed by atoms with Gasteiger partial charge in [0.15, 0.2) is 0 Å². The monoisotopic (exact) mass is 271 g/mol. The van der Waals surface area contributed by atoms with Gasteiger partial charge in [-0.15, -0.1) is 0 Å². The van der Waals surface area contributed by atoms with Gasteiger partial charge in [0.1, 0.15) is 0 Å². The first-order valence-electron chi connectivity index (χ1n) is 7.17. The molecule has 0 radical (unpaired) electrons. The van der Waals surface area contributed by atoms with E-state index >= 15 is 0 Å². The number of methoxy groups -OCH3 is 1. The summed E-state index contributed by atoms with van der Waals surface area (Å²) in [5.74, 6) is 0.368. The molecule has 2 atom stereocenters. The summed E-state index contributed by atoms with van der Waals surface area (Å²) in [5.41, 5.74) is 5.34. The number of carbonyl (C=O) groups excluding carboxylic acids is 1. The Morgan fingerprint density at radius 3 is 2.74 bits per heavy atom. The maximum Gasteiger partial charge on any atom is 0.315 e. The molecule has 1 fully saturated rings. The molecule has 1 rings (SSSR count). The van der Waals surface area contributed by atoms with Crippen LogP contribution in [0.15, 0.2) is 0 Å². The van der Waals surface area contributed by atoms with Crippen LogP contribution in [-0.4, -0.2) is 49.8 Å². The molecule has 5 nitrogen and oxygen atoms in total. The highest BCUT2D eigenvalue weighted by molar-refractivity contribution is 5.72. The molecule has 1 heterocycles. The van der Waals surface area contributed by atoms with Gasteiger partial charge in [0, 0.05) is 19.7 Å². The number of nitrogens with two attached hydrogens (primary N) is 1. The molecular formula is C14H29N3O2. The topological polar surface area (TPSA) is 67.6 Å². The molecule has 0 aromatic heterocycles. The molecule has 1 aliphatic rings. The van der Waals surface area contributed by atoms with Crippen molar-refractivity contribution in [2.24, 2.45) is 11.7 Å². The molecule has 3 N–H and O–H groups in total. The summed E-state index contributed by atoms with van der Waals surface area (Å²) in [4.78, 5) is 13.4. The normalized spacial score (nSPS) is 22.3. The van der Waals surface area contributed by atoms with Gasteiger partial charge >= 0.3 is 6.03 Å². The van der Waals surface area contributed by atoms with Crippen molar-refractivity contribution in [1.82, 2.24) is 10.2 Å². The average Bonchev–Trinajstić information content (AvgIpc) is 2.38. The molecule has 0 saturated carbocycles. The predicted molar refractivity (Wildman–Crippen MR) is 77.1 cm³/mol. The zero-order valence-electron chi connectivity index (χ0n) is 12.7. The van der Waals surface area contributed by atoms with Crippen LogP contribution in [-0.2, 0) is 4.74 Å². The summed E-state index contributed by atoms with van der Waals surface area (Å²) < 4.78 is 5.54. The first-order valence-corrected chi connectivity index (χ1v) is 7.17. The second kappa shape index (κ2) is 7.10. The number of nitrogens with one attached hydrogen (secondary N) is 1. The Balaban J connectivity index is 2.80. The summed E-state index contributed by atoms with van der Waals surface area (Å²) in [6, 6.07) is -0.0610. The van der Waals surface area contributed by atoms with Gasteiger partial charge in [0.05, 0.1) is 5.60 Å². The number of likely N-dealkylation sites (tertiary alicyclic amines) is 1. The number of urea groups is 1. The van der Waals surface area contributed by atoms with Crippen molar-refractivity contribution in [1.29, 1.82) is 0 Å². The van der Waals surface area contributed by atoms with E-state index in [-0.39, 0.29) is 17.7 Å². The molecule has 1 unspecified atom stereocenters. The lowest BCUT2D eigenvalue weighted by Crippen LogP contribution is -2.52. The molecule has 2 amide bonds. The number of rotatable bonds is 6. The second-order valence-corrected chi connectivity index (χ2v) is 6.08. The Labute approximate surface area is 116 Å². The summed E-state index contributed by atoms with van der Waals surface area (Å²) in [6.45, 7) is 5.84. The number of amides is 2. The standard InChI is InChI=1S/C14H29N3O2/c1-14(2,19-4)9-11(10-16-3)12-7-5-6-8-17(12)13(15)18/h11-12,16H,5-10H2,1-4H3,(H2,15,18)/t11-,12?/m0/s1. The van der Waals surface area contributed by atoms with Gasteiger partial charge in [-0.25, -0.2) is 4.79 Å². The van der Waals surface area contributed by atoms with Crippen LogP contribution < -0.4 is 11.1 Å². The van der Waals surface area contributed by atoms with E-state index in [9.17, 15) is 4.79 Å². The molecule has 0 bridgehead atoms. The summed E-state index contributed by atoms with van der Waals surface area (Å²) in [7, 11) is 3.69. The van der Waals surface area contributed by atoms with Gasteiger partial charge in [-0.1, -0.05) is 0 Å². The lowest BCUT2D eigenvalue weighted by molar-refractivity contribution is -0.0119. The minimum Gasteiger partial charge on any atom is -0.379 e. The highest BCUT2D eigenvalue weighted by atomic mass is 16.5. The van der Waals surface area contributed by atoms with Crippen molar-refractivity contribution in [3.05, 3.63) is 0 Å². The van der Waals surface area contributed by atoms with Gasteiger partial charge in [-0.2, -0.15) is 0 Å². The molecule has 0 aliphatic carbocycles. The van der Waals surface area contributed by atoms with E-state index < -0.39 is 0 Å². The zero-order chi connectivity index (χ0) is 14.5. The first kappa shape index (κ1) is 16.2. The fourth-order valence-corrected chi connectivity index (χ4v) is 3.04. The Morgan fingerprint density at radius 1 is 1.53 bits per heavy atom. The SMILES string of the molecule is CNC[C@H](CC(C)(C)OC)C1CCCCN1C(N)=O. The van der Waals surface area contributed by atoms with Crippen LogP contribution in [0.2, 0.25) is 0 Å². The maximum atomic E-state index is 11.6. The highest BCUT2D eigenvalue weighted by Gasteiger charge is 2.34. The van der Waals surface area contributed by atoms with Crippen LogP contribution in [0.3, 0.4) is 0 Å². The molecule has 0 spiro atoms. The van der Waals surface area contributed by atoms with E-state index in [0.717, 1.165) is 32.4 Å². The fraction of sp³-hybridized carbons (Fsp3) is 0.929. The van der Waals surface area contributed by atoms with E-state index in [1.807, 2.05) is 11.9 Å². The number of carbonyl (C=O) groups is 1. The van der Waals surface area contributed by atoms with Gasteiger partial charge in [0.25, 0.3) is 0 Å². The zero-order valence-corrected chi connectivity index (χ0v) is 12.7. The molecule has 112 valence electrons. The quantitative estimate of drug-likeness (QED) is 0.770. The predicted octanol–water partition coefficient (Wildman–Crippen LogP) is 1.57. The van der Waals surface area contributed by atoms with Crippen molar-refractivity contribution in [3.63, 3.8) is 0 Å². The molecule has 19 heavy (non-hydrogen) atoms. The summed E-state index contributed by atoms with van der Waals surface area (Å²) in [6.07, 6.45) is 4.18. The largest absolute Gasteiger partial charge is 0.379 e. The Morgan fingerprint density at radius 2 is 2.21 bits per heavy atom. The van der Waals surface area contributed by atoms with E-state index in [4.69, 9.17) is 10.5 Å². The molecule has 1 saturated heterocycles. The Kier molecular flexibility index (Phi) is 6.07. The van der Waals surface area contributed by atoms with Crippen molar-refractivity contribution in [2.75, 3.05) is 27.2 Å². The summed E-state index contributed by atoms with van der Waals surface area (Å²) in [5, 5.41) is 3.24. The van der Waals surface area contributed by atoms with Gasteiger partial charge in [-0.3, -0.25) is 0 Å². The number of nitrogens with zero attached hydrogens (tertiary/aromatic N) is 1. The smallest absolute Gasteiger partial charge is 0.315 e. The molecule has 0 aromatic rings. The maximum absolute atomic E-state index is 11.6. The van der Waals surface area contributed by atoms with E-state index in [1.54, 1.807) is 7.11 Å². The van der Waals surface area contributed by atoms with Crippen LogP contribution in [0.5, 0.6) is 0 Å². The second-order valence-electron chi connectivity index (χ2n) is 6.08. The van der Waals surface area contributed by atoms with Gasteiger partial charge in [-0.05, 0) is 59.0 Å². The van der Waals surface area contributed by atoms with Crippen molar-refractivity contribution in [3.8, 4) is 0 Å². The third-order valence-electron chi connectivity index (χ3n) is 4.15. The first-order chi connectivity index (χ1) is 8.91. The van der Waals surface area contributed by atoms with E-state index in [0.29, 0.717) is 5.92 Å². The van der Waals surface area contributed by atoms with Crippen molar-refractivity contribution < 1.29 is 9.53 Å². The number of primary amides is 1. The van der Waals surface area contributed by atoms with E-state index in [1.165, 1.54) is 6.42 Å². The molecule has 0 aromatic carbocycles. The van der Waals surface area contributed by atoms with Gasteiger partial charge < -0.3 is 20.7 Å². The van der Waals surface area contributed by atoms with Crippen LogP contribution in [0.4, 0.5) is 4.79 Å². The molecule has 5 heteroatoms.